The highest BCUT2D eigenvalue weighted by Crippen LogP contribution is 2.32. The fourth-order valence-electron chi connectivity index (χ4n) is 2.96. The lowest BCUT2D eigenvalue weighted by Gasteiger charge is -2.19. The zero-order chi connectivity index (χ0) is 17.3. The van der Waals surface area contributed by atoms with Gasteiger partial charge in [0.05, 0.1) is 17.8 Å². The van der Waals surface area contributed by atoms with Gasteiger partial charge in [0.2, 0.25) is 0 Å². The van der Waals surface area contributed by atoms with Crippen LogP contribution in [0, 0.1) is 5.82 Å². The molecule has 24 heavy (non-hydrogen) atoms. The number of rotatable bonds is 3. The third-order valence-electron chi connectivity index (χ3n) is 4.51. The topological polar surface area (TPSA) is 61.9 Å². The van der Waals surface area contributed by atoms with Crippen LogP contribution >= 0.6 is 0 Å². The van der Waals surface area contributed by atoms with Gasteiger partial charge in [-0.1, -0.05) is 18.2 Å². The van der Waals surface area contributed by atoms with Gasteiger partial charge in [-0.25, -0.2) is 9.38 Å². The number of nitrogens with two attached hydrogens (primary N) is 1. The summed E-state index contributed by atoms with van der Waals surface area (Å²) in [4.78, 5) is 6.65. The maximum Gasteiger partial charge on any atom is 0.123 e. The number of nitrogens with zero attached hydrogens (tertiary/aromatic N) is 2. The van der Waals surface area contributed by atoms with E-state index in [1.54, 1.807) is 12.1 Å². The standard InChI is InChI=1S/C19H22FN3O/c1-12(23(2)11-13-3-6-15(20)7-4-13)22-16-8-5-14-9-18(24)19(21)17(14)10-16/h3-8,10,18-19,24H,9,11,21H2,1-2H3/b22-12+. The Bertz CT molecular complexity index is 758. The molecule has 0 spiro atoms. The lowest BCUT2D eigenvalue weighted by Crippen LogP contribution is -2.23. The van der Waals surface area contributed by atoms with Crippen molar-refractivity contribution >= 4 is 11.5 Å². The van der Waals surface area contributed by atoms with Crippen molar-refractivity contribution in [1.82, 2.24) is 4.90 Å². The summed E-state index contributed by atoms with van der Waals surface area (Å²) in [5.41, 5.74) is 9.93. The van der Waals surface area contributed by atoms with Gasteiger partial charge in [0.15, 0.2) is 0 Å². The summed E-state index contributed by atoms with van der Waals surface area (Å²) in [6, 6.07) is 12.0. The summed E-state index contributed by atoms with van der Waals surface area (Å²) < 4.78 is 13.0. The molecule has 0 saturated heterocycles. The monoisotopic (exact) mass is 327 g/mol. The molecule has 0 radical (unpaired) electrons. The van der Waals surface area contributed by atoms with Crippen molar-refractivity contribution in [2.45, 2.75) is 32.0 Å². The largest absolute Gasteiger partial charge is 0.391 e. The van der Waals surface area contributed by atoms with Crippen molar-refractivity contribution in [2.75, 3.05) is 7.05 Å². The smallest absolute Gasteiger partial charge is 0.123 e. The van der Waals surface area contributed by atoms with Crippen LogP contribution in [-0.2, 0) is 13.0 Å². The van der Waals surface area contributed by atoms with E-state index in [2.05, 4.69) is 4.99 Å². The molecule has 0 bridgehead atoms. The predicted molar refractivity (Wildman–Crippen MR) is 93.7 cm³/mol. The minimum Gasteiger partial charge on any atom is -0.391 e. The Morgan fingerprint density at radius 3 is 2.71 bits per heavy atom. The molecule has 3 rings (SSSR count). The fraction of sp³-hybridized carbons (Fsp3) is 0.316. The van der Waals surface area contributed by atoms with Gasteiger partial charge in [0, 0.05) is 20.0 Å². The summed E-state index contributed by atoms with van der Waals surface area (Å²) in [7, 11) is 1.95. The number of fused-ring (bicyclic) bond motifs is 1. The Kier molecular flexibility index (Phi) is 4.64. The maximum atomic E-state index is 13.0. The lowest BCUT2D eigenvalue weighted by atomic mass is 10.1. The van der Waals surface area contributed by atoms with Crippen LogP contribution in [0.15, 0.2) is 47.5 Å². The number of hydrogen-bond acceptors (Lipinski definition) is 3. The van der Waals surface area contributed by atoms with Gasteiger partial charge in [0.1, 0.15) is 11.7 Å². The van der Waals surface area contributed by atoms with Crippen molar-refractivity contribution in [3.8, 4) is 0 Å². The average molecular weight is 327 g/mol. The molecule has 2 unspecified atom stereocenters. The number of aliphatic hydroxyl groups excluding tert-OH is 1. The van der Waals surface area contributed by atoms with E-state index in [1.165, 1.54) is 12.1 Å². The molecule has 0 fully saturated rings. The molecule has 2 aromatic rings. The van der Waals surface area contributed by atoms with Crippen LogP contribution in [0.3, 0.4) is 0 Å². The van der Waals surface area contributed by atoms with Crippen molar-refractivity contribution in [1.29, 1.82) is 0 Å². The molecule has 0 aliphatic heterocycles. The summed E-state index contributed by atoms with van der Waals surface area (Å²) in [6.45, 7) is 2.59. The van der Waals surface area contributed by atoms with E-state index >= 15 is 0 Å². The Labute approximate surface area is 141 Å². The van der Waals surface area contributed by atoms with E-state index in [0.717, 1.165) is 28.2 Å². The quantitative estimate of drug-likeness (QED) is 0.673. The Balaban J connectivity index is 1.75. The Morgan fingerprint density at radius 1 is 1.29 bits per heavy atom. The molecule has 3 N–H and O–H groups in total. The van der Waals surface area contributed by atoms with Crippen LogP contribution in [0.4, 0.5) is 10.1 Å². The van der Waals surface area contributed by atoms with E-state index in [9.17, 15) is 9.50 Å². The number of hydrogen-bond donors (Lipinski definition) is 2. The highest BCUT2D eigenvalue weighted by Gasteiger charge is 2.27. The number of halogens is 1. The van der Waals surface area contributed by atoms with E-state index in [1.807, 2.05) is 37.1 Å². The Morgan fingerprint density at radius 2 is 2.00 bits per heavy atom. The molecule has 0 heterocycles. The second kappa shape index (κ2) is 6.71. The summed E-state index contributed by atoms with van der Waals surface area (Å²) in [5, 5.41) is 9.87. The molecule has 1 aliphatic rings. The van der Waals surface area contributed by atoms with E-state index in [0.29, 0.717) is 13.0 Å². The highest BCUT2D eigenvalue weighted by molar-refractivity contribution is 5.82. The fourth-order valence-corrected chi connectivity index (χ4v) is 2.96. The SMILES string of the molecule is C/C(=N\c1ccc2c(c1)C(N)C(O)C2)N(C)Cc1ccc(F)cc1. The molecule has 2 atom stereocenters. The van der Waals surface area contributed by atoms with Crippen LogP contribution in [0.1, 0.15) is 29.7 Å². The van der Waals surface area contributed by atoms with Crippen LogP contribution in [-0.4, -0.2) is 29.0 Å². The molecule has 0 saturated carbocycles. The third kappa shape index (κ3) is 3.47. The normalized spacial score (nSPS) is 20.1. The summed E-state index contributed by atoms with van der Waals surface area (Å²) in [6.07, 6.45) is 0.0886. The number of amidine groups is 1. The average Bonchev–Trinajstić information content (AvgIpc) is 2.84. The first-order valence-electron chi connectivity index (χ1n) is 8.01. The Hall–Kier alpha value is -2.24. The van der Waals surface area contributed by atoms with Crippen LogP contribution in [0.5, 0.6) is 0 Å². The minimum absolute atomic E-state index is 0.233. The number of aliphatic hydroxyl groups is 1. The van der Waals surface area contributed by atoms with Gasteiger partial charge < -0.3 is 15.7 Å². The molecule has 1 aliphatic carbocycles. The second-order valence-corrected chi connectivity index (χ2v) is 6.32. The highest BCUT2D eigenvalue weighted by atomic mass is 19.1. The molecule has 0 aromatic heterocycles. The van der Waals surface area contributed by atoms with E-state index in [-0.39, 0.29) is 11.9 Å². The first-order chi connectivity index (χ1) is 11.4. The summed E-state index contributed by atoms with van der Waals surface area (Å²) in [5.74, 6) is 0.620. The van der Waals surface area contributed by atoms with E-state index < -0.39 is 6.10 Å². The van der Waals surface area contributed by atoms with Gasteiger partial charge in [0.25, 0.3) is 0 Å². The third-order valence-corrected chi connectivity index (χ3v) is 4.51. The van der Waals surface area contributed by atoms with Gasteiger partial charge in [-0.2, -0.15) is 0 Å². The van der Waals surface area contributed by atoms with Crippen LogP contribution in [0.25, 0.3) is 0 Å². The molecular weight excluding hydrogens is 305 g/mol. The zero-order valence-corrected chi connectivity index (χ0v) is 13.9. The van der Waals surface area contributed by atoms with Gasteiger partial charge >= 0.3 is 0 Å². The van der Waals surface area contributed by atoms with Crippen molar-refractivity contribution in [3.05, 3.63) is 65.0 Å². The second-order valence-electron chi connectivity index (χ2n) is 6.32. The first kappa shape index (κ1) is 16.6. The molecular formula is C19H22FN3O. The summed E-state index contributed by atoms with van der Waals surface area (Å²) >= 11 is 0. The van der Waals surface area contributed by atoms with Gasteiger partial charge in [-0.05, 0) is 47.9 Å². The minimum atomic E-state index is -0.513. The molecule has 126 valence electrons. The zero-order valence-electron chi connectivity index (χ0n) is 13.9. The maximum absolute atomic E-state index is 13.0. The van der Waals surface area contributed by atoms with Crippen LogP contribution in [0.2, 0.25) is 0 Å². The number of aliphatic imine (C=N–C) groups is 1. The van der Waals surface area contributed by atoms with Crippen molar-refractivity contribution < 1.29 is 9.50 Å². The molecule has 4 nitrogen and oxygen atoms in total. The molecule has 0 amide bonds. The van der Waals surface area contributed by atoms with Crippen LogP contribution < -0.4 is 5.73 Å². The molecule has 2 aromatic carbocycles. The van der Waals surface area contributed by atoms with Crippen molar-refractivity contribution in [3.63, 3.8) is 0 Å². The lowest BCUT2D eigenvalue weighted by molar-refractivity contribution is 0.158. The van der Waals surface area contributed by atoms with E-state index in [4.69, 9.17) is 5.73 Å². The van der Waals surface area contributed by atoms with Gasteiger partial charge in [-0.15, -0.1) is 0 Å². The molecule has 5 heteroatoms. The first-order valence-corrected chi connectivity index (χ1v) is 8.01. The predicted octanol–water partition coefficient (Wildman–Crippen LogP) is 2.92. The van der Waals surface area contributed by atoms with Crippen molar-refractivity contribution in [2.24, 2.45) is 10.7 Å². The number of benzene rings is 2. The van der Waals surface area contributed by atoms with Gasteiger partial charge in [-0.3, -0.25) is 0 Å².